The SMILES string of the molecule is Cc1cc(N2C(=O)CCCN(c3ccc(C(=O)NCc4ccccc4)c(F)c3)C2=S)cnc1C#N. The van der Waals surface area contributed by atoms with E-state index in [4.69, 9.17) is 17.5 Å². The predicted octanol–water partition coefficient (Wildman–Crippen LogP) is 4.25. The molecule has 0 unspecified atom stereocenters. The fraction of sp³-hybridized carbons (Fsp3) is 0.192. The second-order valence-electron chi connectivity index (χ2n) is 8.07. The van der Waals surface area contributed by atoms with Crippen LogP contribution in [0.25, 0.3) is 0 Å². The van der Waals surface area contributed by atoms with Gasteiger partial charge in [0.1, 0.15) is 17.6 Å². The molecule has 0 atom stereocenters. The van der Waals surface area contributed by atoms with E-state index in [1.807, 2.05) is 36.4 Å². The lowest BCUT2D eigenvalue weighted by atomic mass is 10.1. The number of nitrogens with zero attached hydrogens (tertiary/aromatic N) is 4. The largest absolute Gasteiger partial charge is 0.348 e. The first-order valence-corrected chi connectivity index (χ1v) is 11.4. The van der Waals surface area contributed by atoms with Crippen molar-refractivity contribution >= 4 is 40.5 Å². The Hall–Kier alpha value is -4.16. The lowest BCUT2D eigenvalue weighted by Gasteiger charge is -2.29. The fourth-order valence-electron chi connectivity index (χ4n) is 3.85. The zero-order valence-electron chi connectivity index (χ0n) is 19.0. The smallest absolute Gasteiger partial charge is 0.254 e. The number of hydrogen-bond acceptors (Lipinski definition) is 5. The Morgan fingerprint density at radius 2 is 1.97 bits per heavy atom. The number of halogens is 1. The molecule has 1 fully saturated rings. The normalized spacial score (nSPS) is 13.9. The quantitative estimate of drug-likeness (QED) is 0.542. The molecule has 2 aromatic carbocycles. The minimum absolute atomic E-state index is 0.0785. The number of carbonyl (C=O) groups excluding carboxylic acids is 2. The van der Waals surface area contributed by atoms with Crippen LogP contribution in [0.1, 0.15) is 40.0 Å². The van der Waals surface area contributed by atoms with E-state index in [9.17, 15) is 14.0 Å². The summed E-state index contributed by atoms with van der Waals surface area (Å²) < 4.78 is 15.0. The van der Waals surface area contributed by atoms with Crippen LogP contribution in [0.4, 0.5) is 15.8 Å². The molecule has 1 aromatic heterocycles. The Morgan fingerprint density at radius 3 is 2.66 bits per heavy atom. The molecule has 2 heterocycles. The van der Waals surface area contributed by atoms with E-state index in [1.54, 1.807) is 24.0 Å². The average molecular weight is 488 g/mol. The number of thiocarbonyl (C=S) groups is 1. The molecule has 1 aliphatic heterocycles. The molecule has 0 spiro atoms. The standard InChI is InChI=1S/C26H22FN5O2S/c1-17-12-20(16-29-23(17)14-28)32-24(33)8-5-11-31(26(32)35)19-9-10-21(22(27)13-19)25(34)30-15-18-6-3-2-4-7-18/h2-4,6-7,9-10,12-13,16H,5,8,11,15H2,1H3,(H,30,34). The predicted molar refractivity (Wildman–Crippen MR) is 134 cm³/mol. The molecule has 1 aliphatic rings. The topological polar surface area (TPSA) is 89.3 Å². The van der Waals surface area contributed by atoms with E-state index in [1.165, 1.54) is 23.2 Å². The Bertz CT molecular complexity index is 1340. The first-order valence-electron chi connectivity index (χ1n) is 11.0. The molecule has 4 rings (SSSR count). The van der Waals surface area contributed by atoms with Crippen LogP contribution in [-0.2, 0) is 11.3 Å². The van der Waals surface area contributed by atoms with Gasteiger partial charge in [-0.1, -0.05) is 30.3 Å². The summed E-state index contributed by atoms with van der Waals surface area (Å²) in [4.78, 5) is 32.5. The van der Waals surface area contributed by atoms with E-state index in [0.717, 1.165) is 5.56 Å². The van der Waals surface area contributed by atoms with E-state index in [0.29, 0.717) is 29.9 Å². The Kier molecular flexibility index (Phi) is 7.13. The molecule has 0 radical (unpaired) electrons. The second-order valence-corrected chi connectivity index (χ2v) is 8.44. The van der Waals surface area contributed by atoms with Gasteiger partial charge in [0.05, 0.1) is 17.4 Å². The molecule has 0 aliphatic carbocycles. The third kappa shape index (κ3) is 5.18. The van der Waals surface area contributed by atoms with Crippen molar-refractivity contribution in [3.63, 3.8) is 0 Å². The molecule has 0 saturated carbocycles. The van der Waals surface area contributed by atoms with E-state index < -0.39 is 11.7 Å². The van der Waals surface area contributed by atoms with Crippen molar-refractivity contribution in [3.05, 3.63) is 89.0 Å². The Labute approximate surface area is 207 Å². The minimum Gasteiger partial charge on any atom is -0.348 e. The maximum Gasteiger partial charge on any atom is 0.254 e. The molecular formula is C26H22FN5O2S. The van der Waals surface area contributed by atoms with Crippen molar-refractivity contribution < 1.29 is 14.0 Å². The highest BCUT2D eigenvalue weighted by Gasteiger charge is 2.30. The van der Waals surface area contributed by atoms with Gasteiger partial charge in [0.25, 0.3) is 5.91 Å². The first kappa shape index (κ1) is 24.0. The number of rotatable bonds is 5. The summed E-state index contributed by atoms with van der Waals surface area (Å²) in [7, 11) is 0. The molecule has 7 nitrogen and oxygen atoms in total. The van der Waals surface area contributed by atoms with Crippen LogP contribution in [-0.4, -0.2) is 28.5 Å². The molecule has 35 heavy (non-hydrogen) atoms. The second kappa shape index (κ2) is 10.4. The van der Waals surface area contributed by atoms with Gasteiger partial charge in [-0.25, -0.2) is 9.37 Å². The summed E-state index contributed by atoms with van der Waals surface area (Å²) in [6.07, 6.45) is 2.19. The highest BCUT2D eigenvalue weighted by Crippen LogP contribution is 2.27. The van der Waals surface area contributed by atoms with Crippen LogP contribution >= 0.6 is 12.2 Å². The van der Waals surface area contributed by atoms with Gasteiger partial charge in [-0.15, -0.1) is 0 Å². The zero-order valence-corrected chi connectivity index (χ0v) is 19.8. The van der Waals surface area contributed by atoms with Crippen molar-refractivity contribution in [2.24, 2.45) is 0 Å². The molecule has 1 N–H and O–H groups in total. The average Bonchev–Trinajstić information content (AvgIpc) is 3.00. The van der Waals surface area contributed by atoms with Gasteiger partial charge in [-0.3, -0.25) is 14.5 Å². The van der Waals surface area contributed by atoms with Crippen LogP contribution in [0.15, 0.2) is 60.8 Å². The Morgan fingerprint density at radius 1 is 1.20 bits per heavy atom. The highest BCUT2D eigenvalue weighted by molar-refractivity contribution is 7.81. The van der Waals surface area contributed by atoms with Crippen molar-refractivity contribution in [3.8, 4) is 6.07 Å². The number of aromatic nitrogens is 1. The summed E-state index contributed by atoms with van der Waals surface area (Å²) in [6.45, 7) is 2.42. The van der Waals surface area contributed by atoms with Gasteiger partial charge in [0.15, 0.2) is 5.11 Å². The van der Waals surface area contributed by atoms with Gasteiger partial charge in [0.2, 0.25) is 5.91 Å². The van der Waals surface area contributed by atoms with Crippen LogP contribution in [0.2, 0.25) is 0 Å². The molecule has 176 valence electrons. The first-order chi connectivity index (χ1) is 16.9. The number of benzene rings is 2. The minimum atomic E-state index is -0.686. The van der Waals surface area contributed by atoms with E-state index in [2.05, 4.69) is 10.3 Å². The van der Waals surface area contributed by atoms with Crippen LogP contribution < -0.4 is 15.1 Å². The lowest BCUT2D eigenvalue weighted by molar-refractivity contribution is -0.117. The molecule has 0 bridgehead atoms. The highest BCUT2D eigenvalue weighted by atomic mass is 32.1. The number of hydrogen-bond donors (Lipinski definition) is 1. The lowest BCUT2D eigenvalue weighted by Crippen LogP contribution is -2.44. The van der Waals surface area contributed by atoms with E-state index in [-0.39, 0.29) is 35.2 Å². The summed E-state index contributed by atoms with van der Waals surface area (Å²) in [5, 5.41) is 12.0. The van der Waals surface area contributed by atoms with Gasteiger partial charge in [-0.2, -0.15) is 5.26 Å². The van der Waals surface area contributed by atoms with Gasteiger partial charge in [-0.05, 0) is 61.0 Å². The number of nitriles is 1. The third-order valence-corrected chi connectivity index (χ3v) is 6.08. The zero-order chi connectivity index (χ0) is 24.9. The van der Waals surface area contributed by atoms with Gasteiger partial charge >= 0.3 is 0 Å². The summed E-state index contributed by atoms with van der Waals surface area (Å²) in [5.41, 5.74) is 2.59. The Balaban J connectivity index is 1.56. The van der Waals surface area contributed by atoms with Crippen molar-refractivity contribution in [2.75, 3.05) is 16.3 Å². The third-order valence-electron chi connectivity index (χ3n) is 5.68. The maximum atomic E-state index is 15.0. The van der Waals surface area contributed by atoms with E-state index >= 15 is 0 Å². The molecule has 9 heteroatoms. The van der Waals surface area contributed by atoms with Crippen LogP contribution in [0.3, 0.4) is 0 Å². The number of anilines is 2. The number of pyridine rings is 1. The maximum absolute atomic E-state index is 15.0. The van der Waals surface area contributed by atoms with Gasteiger partial charge in [0, 0.05) is 25.2 Å². The number of carbonyl (C=O) groups is 2. The molecule has 3 aromatic rings. The summed E-state index contributed by atoms with van der Waals surface area (Å²) >= 11 is 5.64. The monoisotopic (exact) mass is 487 g/mol. The fourth-order valence-corrected chi connectivity index (χ4v) is 4.25. The van der Waals surface area contributed by atoms with Crippen molar-refractivity contribution in [1.29, 1.82) is 5.26 Å². The van der Waals surface area contributed by atoms with Crippen molar-refractivity contribution in [1.82, 2.24) is 10.3 Å². The molecule has 1 saturated heterocycles. The summed E-state index contributed by atoms with van der Waals surface area (Å²) in [6, 6.07) is 17.3. The molecule has 2 amide bonds. The van der Waals surface area contributed by atoms with Crippen LogP contribution in [0.5, 0.6) is 0 Å². The summed E-state index contributed by atoms with van der Waals surface area (Å²) in [5.74, 6) is -1.41. The number of nitrogens with one attached hydrogen (secondary N) is 1. The number of aryl methyl sites for hydroxylation is 1. The molecular weight excluding hydrogens is 465 g/mol. The number of amides is 2. The van der Waals surface area contributed by atoms with Crippen molar-refractivity contribution in [2.45, 2.75) is 26.3 Å². The van der Waals surface area contributed by atoms with Crippen LogP contribution in [0, 0.1) is 24.1 Å². The van der Waals surface area contributed by atoms with Gasteiger partial charge < -0.3 is 10.2 Å².